The topological polar surface area (TPSA) is 61.8 Å². The Bertz CT molecular complexity index is 1310. The molecule has 0 bridgehead atoms. The Morgan fingerprint density at radius 1 is 1.13 bits per heavy atom. The smallest absolute Gasteiger partial charge is 0.417 e. The van der Waals surface area contributed by atoms with E-state index >= 15 is 0 Å². The molecule has 1 saturated carbocycles. The molecular formula is C27H30F3N5O2S. The number of piperazine rings is 1. The van der Waals surface area contributed by atoms with Crippen molar-refractivity contribution >= 4 is 32.9 Å². The van der Waals surface area contributed by atoms with Gasteiger partial charge in [-0.3, -0.25) is 9.80 Å². The van der Waals surface area contributed by atoms with E-state index in [4.69, 9.17) is 4.74 Å². The van der Waals surface area contributed by atoms with Gasteiger partial charge in [-0.2, -0.15) is 18.2 Å². The summed E-state index contributed by atoms with van der Waals surface area (Å²) in [5.41, 5.74) is 1.12. The van der Waals surface area contributed by atoms with Gasteiger partial charge in [0.1, 0.15) is 6.10 Å². The van der Waals surface area contributed by atoms with E-state index in [1.54, 1.807) is 4.90 Å². The van der Waals surface area contributed by atoms with Crippen LogP contribution in [0.4, 0.5) is 23.1 Å². The number of hydrogen-bond donors (Lipinski definition) is 0. The van der Waals surface area contributed by atoms with Crippen LogP contribution in [0.2, 0.25) is 0 Å². The van der Waals surface area contributed by atoms with E-state index < -0.39 is 11.7 Å². The lowest BCUT2D eigenvalue weighted by atomic mass is 9.61. The number of amides is 1. The molecule has 6 rings (SSSR count). The Hall–Kier alpha value is -2.92. The third kappa shape index (κ3) is 4.82. The number of alkyl halides is 3. The predicted molar refractivity (Wildman–Crippen MR) is 139 cm³/mol. The van der Waals surface area contributed by atoms with Crippen molar-refractivity contribution in [3.63, 3.8) is 0 Å². The average Bonchev–Trinajstić information content (AvgIpc) is 3.24. The van der Waals surface area contributed by atoms with Crippen LogP contribution in [0.15, 0.2) is 42.6 Å². The lowest BCUT2D eigenvalue weighted by Gasteiger charge is -2.58. The second-order valence-electron chi connectivity index (χ2n) is 11.1. The number of aromatic nitrogens is 2. The van der Waals surface area contributed by atoms with Crippen molar-refractivity contribution < 1.29 is 22.7 Å². The molecule has 1 amide bonds. The van der Waals surface area contributed by atoms with Crippen molar-refractivity contribution in [2.24, 2.45) is 5.41 Å². The number of ether oxygens (including phenoxy) is 1. The molecule has 2 aromatic heterocycles. The average molecular weight is 546 g/mol. The third-order valence-electron chi connectivity index (χ3n) is 7.92. The van der Waals surface area contributed by atoms with Gasteiger partial charge < -0.3 is 9.64 Å². The number of thiazole rings is 1. The number of carbonyl (C=O) groups excluding carboxylic acids is 1. The zero-order valence-electron chi connectivity index (χ0n) is 21.3. The van der Waals surface area contributed by atoms with Crippen LogP contribution in [0.3, 0.4) is 0 Å². The van der Waals surface area contributed by atoms with Crippen LogP contribution in [0.5, 0.6) is 0 Å². The molecule has 3 aliphatic rings. The molecule has 2 aliphatic heterocycles. The molecule has 1 aliphatic carbocycles. The highest BCUT2D eigenvalue weighted by molar-refractivity contribution is 7.22. The molecule has 0 radical (unpaired) electrons. The largest absolute Gasteiger partial charge is 0.446 e. The van der Waals surface area contributed by atoms with Crippen LogP contribution >= 0.6 is 11.3 Å². The van der Waals surface area contributed by atoms with Gasteiger partial charge in [-0.15, -0.1) is 0 Å². The number of halogens is 3. The molecule has 38 heavy (non-hydrogen) atoms. The van der Waals surface area contributed by atoms with Crippen molar-refractivity contribution in [2.75, 3.05) is 31.1 Å². The standard InChI is InChI=1S/C27H30F3N5O2S/c1-17-12-34(24-32-23-22(38-24)8-20(11-31-23)27(28,29)30)13-18(2)35(17)25(36)37-21-9-26(10-21)15-33(16-26)14-19-6-4-3-5-7-19/h3-8,11,17-18,21H,9-10,12-16H2,1-2H3/t17-,18-/m1/s1. The highest BCUT2D eigenvalue weighted by Crippen LogP contribution is 2.50. The Morgan fingerprint density at radius 3 is 2.47 bits per heavy atom. The number of hydrogen-bond acceptors (Lipinski definition) is 7. The third-order valence-corrected chi connectivity index (χ3v) is 8.97. The zero-order chi connectivity index (χ0) is 26.7. The minimum atomic E-state index is -4.44. The summed E-state index contributed by atoms with van der Waals surface area (Å²) in [7, 11) is 0. The Kier molecular flexibility index (Phi) is 6.26. The molecule has 0 unspecified atom stereocenters. The second-order valence-corrected chi connectivity index (χ2v) is 12.1. The Balaban J connectivity index is 1.02. The van der Waals surface area contributed by atoms with E-state index in [2.05, 4.69) is 39.1 Å². The lowest BCUT2D eigenvalue weighted by Crippen LogP contribution is -2.64. The minimum Gasteiger partial charge on any atom is -0.446 e. The molecule has 1 spiro atoms. The molecule has 2 saturated heterocycles. The fourth-order valence-electron chi connectivity index (χ4n) is 6.24. The summed E-state index contributed by atoms with van der Waals surface area (Å²) < 4.78 is 45.5. The normalized spacial score (nSPS) is 23.9. The molecule has 11 heteroatoms. The fraction of sp³-hybridized carbons (Fsp3) is 0.519. The molecule has 3 aromatic rings. The molecule has 202 valence electrons. The maximum absolute atomic E-state index is 13.1. The molecule has 4 heterocycles. The molecule has 3 fully saturated rings. The number of benzene rings is 1. The first-order valence-corrected chi connectivity index (χ1v) is 13.7. The van der Waals surface area contributed by atoms with Crippen molar-refractivity contribution in [1.29, 1.82) is 0 Å². The number of nitrogens with zero attached hydrogens (tertiary/aromatic N) is 5. The number of likely N-dealkylation sites (tertiary alicyclic amines) is 1. The first-order chi connectivity index (χ1) is 18.1. The van der Waals surface area contributed by atoms with Gasteiger partial charge >= 0.3 is 12.3 Å². The molecule has 2 atom stereocenters. The summed E-state index contributed by atoms with van der Waals surface area (Å²) in [6.45, 7) is 8.02. The van der Waals surface area contributed by atoms with E-state index in [-0.39, 0.29) is 29.7 Å². The highest BCUT2D eigenvalue weighted by atomic mass is 32.1. The first-order valence-electron chi connectivity index (χ1n) is 12.9. The summed E-state index contributed by atoms with van der Waals surface area (Å²) in [6, 6.07) is 11.3. The van der Waals surface area contributed by atoms with Crippen LogP contribution in [0.25, 0.3) is 10.3 Å². The van der Waals surface area contributed by atoms with Gasteiger partial charge in [-0.05, 0) is 38.3 Å². The number of carbonyl (C=O) groups is 1. The van der Waals surface area contributed by atoms with Gasteiger partial charge in [0.05, 0.1) is 22.3 Å². The Labute approximate surface area is 223 Å². The summed E-state index contributed by atoms with van der Waals surface area (Å²) in [6.07, 6.45) is -2.14. The molecule has 0 N–H and O–H groups in total. The van der Waals surface area contributed by atoms with Crippen LogP contribution in [0, 0.1) is 5.41 Å². The number of rotatable bonds is 4. The fourth-order valence-corrected chi connectivity index (χ4v) is 7.23. The highest BCUT2D eigenvalue weighted by Gasteiger charge is 2.54. The second kappa shape index (κ2) is 9.37. The lowest BCUT2D eigenvalue weighted by molar-refractivity contribution is -0.138. The zero-order valence-corrected chi connectivity index (χ0v) is 22.1. The van der Waals surface area contributed by atoms with Crippen molar-refractivity contribution in [2.45, 2.75) is 57.6 Å². The summed E-state index contributed by atoms with van der Waals surface area (Å²) >= 11 is 1.19. The van der Waals surface area contributed by atoms with E-state index in [1.807, 2.05) is 24.8 Å². The maximum Gasteiger partial charge on any atom is 0.417 e. The summed E-state index contributed by atoms with van der Waals surface area (Å²) in [4.78, 5) is 27.7. The number of anilines is 1. The summed E-state index contributed by atoms with van der Waals surface area (Å²) in [5, 5.41) is 0.615. The summed E-state index contributed by atoms with van der Waals surface area (Å²) in [5.74, 6) is 0. The molecule has 1 aromatic carbocycles. The SMILES string of the molecule is C[C@@H]1CN(c2nc3ncc(C(F)(F)F)cc3s2)C[C@@H](C)N1C(=O)OC1CC2(C1)CN(Cc1ccccc1)C2. The van der Waals surface area contributed by atoms with Crippen LogP contribution < -0.4 is 4.90 Å². The monoisotopic (exact) mass is 545 g/mol. The van der Waals surface area contributed by atoms with Gasteiger partial charge in [-0.1, -0.05) is 41.7 Å². The van der Waals surface area contributed by atoms with Crippen molar-refractivity contribution in [3.05, 3.63) is 53.7 Å². The maximum atomic E-state index is 13.1. The molecule has 7 nitrogen and oxygen atoms in total. The predicted octanol–water partition coefficient (Wildman–Crippen LogP) is 5.41. The van der Waals surface area contributed by atoms with Crippen molar-refractivity contribution in [1.82, 2.24) is 19.8 Å². The van der Waals surface area contributed by atoms with Gasteiger partial charge in [0.25, 0.3) is 0 Å². The first kappa shape index (κ1) is 25.4. The number of fused-ring (bicyclic) bond motifs is 1. The van der Waals surface area contributed by atoms with Crippen LogP contribution in [-0.4, -0.2) is 70.2 Å². The van der Waals surface area contributed by atoms with E-state index in [0.29, 0.717) is 28.6 Å². The van der Waals surface area contributed by atoms with Gasteiger partial charge in [0.15, 0.2) is 10.8 Å². The van der Waals surface area contributed by atoms with E-state index in [1.165, 1.54) is 16.9 Å². The van der Waals surface area contributed by atoms with E-state index in [9.17, 15) is 18.0 Å². The van der Waals surface area contributed by atoms with Gasteiger partial charge in [0, 0.05) is 44.3 Å². The van der Waals surface area contributed by atoms with Crippen molar-refractivity contribution in [3.8, 4) is 0 Å². The van der Waals surface area contributed by atoms with E-state index in [0.717, 1.165) is 44.7 Å². The number of pyridine rings is 1. The van der Waals surface area contributed by atoms with Crippen LogP contribution in [0.1, 0.15) is 37.8 Å². The van der Waals surface area contributed by atoms with Gasteiger partial charge in [0.2, 0.25) is 0 Å². The van der Waals surface area contributed by atoms with Gasteiger partial charge in [-0.25, -0.2) is 9.78 Å². The quantitative estimate of drug-likeness (QED) is 0.437. The Morgan fingerprint density at radius 2 is 1.82 bits per heavy atom. The minimum absolute atomic E-state index is 0.0445. The van der Waals surface area contributed by atoms with Crippen LogP contribution in [-0.2, 0) is 17.5 Å². The molecular weight excluding hydrogens is 515 g/mol.